The van der Waals surface area contributed by atoms with Crippen LogP contribution in [0.1, 0.15) is 64.5 Å². The number of hydrogen-bond acceptors (Lipinski definition) is 12. The fourth-order valence-electron chi connectivity index (χ4n) is 6.46. The zero-order chi connectivity index (χ0) is 37.6. The van der Waals surface area contributed by atoms with Crippen molar-refractivity contribution in [2.75, 3.05) is 23.7 Å². The summed E-state index contributed by atoms with van der Waals surface area (Å²) in [5.74, 6) is -1.44. The maximum Gasteiger partial charge on any atom is 1.00 e. The number of carboxylic acids is 1. The predicted molar refractivity (Wildman–Crippen MR) is 188 cm³/mol. The molecule has 0 radical (unpaired) electrons. The van der Waals surface area contributed by atoms with Crippen molar-refractivity contribution in [2.24, 2.45) is 0 Å². The van der Waals surface area contributed by atoms with E-state index in [-0.39, 0.29) is 121 Å². The Bertz CT molecular complexity index is 2030. The van der Waals surface area contributed by atoms with Crippen molar-refractivity contribution in [1.29, 1.82) is 0 Å². The standard InChI is InChI=1S/C35H42N2O11S3.2K/c1-34(2)27-23-25(49-48-47-40)16-18-29(27)37(21-22-50(41,42)43)32(34)14-10-7-5-6-9-13-31-35(3,4)28-24-26(51(44,45)46)17-19-30(28)36(31)20-12-8-11-15-33(38)39;;/h5-7,9-10,13-14,16-19,23-24H,8,11-12,15,20-22H2,1-4H3,(H3-,38,39,40,41,42,43,44,45,46);;/q;2*+1/p-2. The van der Waals surface area contributed by atoms with E-state index in [1.54, 1.807) is 41.3 Å². The zero-order valence-electron chi connectivity index (χ0n) is 30.6. The smallest absolute Gasteiger partial charge is 0.748 e. The average Bonchev–Trinajstić information content (AvgIpc) is 3.38. The van der Waals surface area contributed by atoms with Crippen molar-refractivity contribution in [3.63, 3.8) is 0 Å². The third kappa shape index (κ3) is 12.8. The van der Waals surface area contributed by atoms with Crippen LogP contribution in [-0.4, -0.2) is 66.1 Å². The van der Waals surface area contributed by atoms with E-state index >= 15 is 0 Å². The van der Waals surface area contributed by atoms with Crippen LogP contribution in [0.3, 0.4) is 0 Å². The largest absolute Gasteiger partial charge is 1.00 e. The summed E-state index contributed by atoms with van der Waals surface area (Å²) in [6, 6.07) is 9.64. The third-order valence-electron chi connectivity index (χ3n) is 8.96. The number of rotatable bonds is 17. The van der Waals surface area contributed by atoms with Crippen LogP contribution in [0, 0.1) is 0 Å². The van der Waals surface area contributed by atoms with Gasteiger partial charge in [-0.1, -0.05) is 44.2 Å². The van der Waals surface area contributed by atoms with Gasteiger partial charge in [0.25, 0.3) is 0 Å². The van der Waals surface area contributed by atoms with Crippen molar-refractivity contribution in [3.05, 3.63) is 95.8 Å². The van der Waals surface area contributed by atoms with E-state index < -0.39 is 42.8 Å². The molecule has 0 aliphatic carbocycles. The van der Waals surface area contributed by atoms with Gasteiger partial charge >= 0.3 is 109 Å². The number of benzene rings is 2. The van der Waals surface area contributed by atoms with Gasteiger partial charge in [-0.2, -0.15) is 8.91 Å². The van der Waals surface area contributed by atoms with E-state index in [0.29, 0.717) is 36.3 Å². The van der Waals surface area contributed by atoms with Crippen molar-refractivity contribution in [2.45, 2.75) is 74.0 Å². The van der Waals surface area contributed by atoms with Gasteiger partial charge in [0.2, 0.25) is 5.69 Å². The fraction of sp³-hybridized carbons (Fsp3) is 0.371. The minimum atomic E-state index is -4.66. The molecule has 2 aromatic rings. The Balaban J connectivity index is 0.00000486. The van der Waals surface area contributed by atoms with Gasteiger partial charge in [-0.3, -0.25) is 9.83 Å². The topological polar surface area (TPSA) is 199 Å². The Morgan fingerprint density at radius 3 is 2.23 bits per heavy atom. The SMILES string of the molecule is CC1(C)C(/C=C/C=C/C=C/C=C2/N(CCS(=O)(=O)[O-])c3ccc(SOO[O-])cc3C2(C)C)=[N+](CCCCCC(=O)O)c2ccc(S(=O)(=O)[O-])cc21.[K+].[K+]. The number of aliphatic carboxylic acids is 1. The summed E-state index contributed by atoms with van der Waals surface area (Å²) < 4.78 is 76.5. The molecular weight excluding hydrogens is 799 g/mol. The van der Waals surface area contributed by atoms with E-state index in [2.05, 4.69) is 13.9 Å². The molecule has 53 heavy (non-hydrogen) atoms. The van der Waals surface area contributed by atoms with Gasteiger partial charge in [0.1, 0.15) is 16.7 Å². The molecule has 0 bridgehead atoms. The van der Waals surface area contributed by atoms with E-state index in [0.717, 1.165) is 40.4 Å². The van der Waals surface area contributed by atoms with Gasteiger partial charge in [-0.15, -0.1) is 0 Å². The second-order valence-electron chi connectivity index (χ2n) is 13.1. The van der Waals surface area contributed by atoms with Gasteiger partial charge < -0.3 is 24.4 Å². The quantitative estimate of drug-likeness (QED) is 0.0290. The molecular formula is C35H40K2N2O11S3. The summed E-state index contributed by atoms with van der Waals surface area (Å²) in [5, 5.41) is 22.8. The van der Waals surface area contributed by atoms with E-state index in [9.17, 15) is 36.0 Å². The Kier molecular flexibility index (Phi) is 19.2. The molecule has 0 aromatic heterocycles. The van der Waals surface area contributed by atoms with Crippen molar-refractivity contribution in [1.82, 2.24) is 0 Å². The number of fused-ring (bicyclic) bond motifs is 2. The van der Waals surface area contributed by atoms with Crippen LogP contribution in [0.25, 0.3) is 0 Å². The van der Waals surface area contributed by atoms with E-state index in [1.807, 2.05) is 58.1 Å². The second-order valence-corrected chi connectivity index (χ2v) is 16.8. The molecule has 276 valence electrons. The average molecular weight is 839 g/mol. The summed E-state index contributed by atoms with van der Waals surface area (Å²) in [7, 11) is -9.15. The molecule has 13 nitrogen and oxygen atoms in total. The van der Waals surface area contributed by atoms with Crippen molar-refractivity contribution >= 4 is 55.3 Å². The van der Waals surface area contributed by atoms with Gasteiger partial charge in [-0.05, 0) is 68.7 Å². The minimum Gasteiger partial charge on any atom is -0.748 e. The number of carbonyl (C=O) groups is 1. The zero-order valence-corrected chi connectivity index (χ0v) is 39.3. The summed E-state index contributed by atoms with van der Waals surface area (Å²) >= 11 is 0.741. The predicted octanol–water partition coefficient (Wildman–Crippen LogP) is -1.25. The van der Waals surface area contributed by atoms with Crippen LogP contribution in [0.4, 0.5) is 11.4 Å². The van der Waals surface area contributed by atoms with E-state index in [4.69, 9.17) is 5.11 Å². The summed E-state index contributed by atoms with van der Waals surface area (Å²) in [5.41, 5.74) is 3.43. The molecule has 4 rings (SSSR count). The number of carboxylic acid groups (broad SMARTS) is 1. The van der Waals surface area contributed by atoms with Crippen LogP contribution in [-0.2, 0) is 45.2 Å². The minimum absolute atomic E-state index is 0. The first kappa shape index (κ1) is 48.8. The number of anilines is 1. The number of nitrogens with zero attached hydrogens (tertiary/aromatic N) is 2. The Labute approximate surface area is 400 Å². The van der Waals surface area contributed by atoms with Gasteiger partial charge in [0.05, 0.1) is 38.2 Å². The van der Waals surface area contributed by atoms with Crippen molar-refractivity contribution < 1.29 is 158 Å². The monoisotopic (exact) mass is 838 g/mol. The molecule has 2 heterocycles. The molecule has 2 aliphatic rings. The van der Waals surface area contributed by atoms with Crippen LogP contribution >= 0.6 is 12.0 Å². The molecule has 18 heteroatoms. The summed E-state index contributed by atoms with van der Waals surface area (Å²) in [4.78, 5) is 13.0. The summed E-state index contributed by atoms with van der Waals surface area (Å²) in [6.45, 7) is 8.33. The first-order valence-corrected chi connectivity index (χ1v) is 19.8. The molecule has 0 unspecified atom stereocenters. The first-order valence-electron chi connectivity index (χ1n) is 16.1. The van der Waals surface area contributed by atoms with Crippen LogP contribution < -0.4 is 113 Å². The van der Waals surface area contributed by atoms with Gasteiger partial charge in [0.15, 0.2) is 5.71 Å². The Morgan fingerprint density at radius 1 is 0.906 bits per heavy atom. The van der Waals surface area contributed by atoms with Crippen LogP contribution in [0.2, 0.25) is 0 Å². The number of hydrogen-bond donors (Lipinski definition) is 1. The molecule has 0 fully saturated rings. The number of allylic oxidation sites excluding steroid dienone is 8. The fourth-order valence-corrected chi connectivity index (χ4v) is 7.76. The molecule has 0 spiro atoms. The normalized spacial score (nSPS) is 17.1. The maximum absolute atomic E-state index is 11.8. The molecule has 0 amide bonds. The van der Waals surface area contributed by atoms with Crippen LogP contribution in [0.5, 0.6) is 0 Å². The van der Waals surface area contributed by atoms with Crippen LogP contribution in [0.15, 0.2) is 94.4 Å². The third-order valence-corrected chi connectivity index (χ3v) is 11.0. The molecule has 0 saturated heterocycles. The second kappa shape index (κ2) is 20.9. The molecule has 2 aromatic carbocycles. The molecule has 0 saturated carbocycles. The summed E-state index contributed by atoms with van der Waals surface area (Å²) in [6.07, 6.45) is 14.8. The maximum atomic E-state index is 11.8. The Morgan fingerprint density at radius 2 is 1.58 bits per heavy atom. The number of unbranched alkanes of at least 4 members (excludes halogenated alkanes) is 2. The first-order chi connectivity index (χ1) is 23.9. The van der Waals surface area contributed by atoms with Crippen molar-refractivity contribution in [3.8, 4) is 0 Å². The van der Waals surface area contributed by atoms with E-state index in [1.165, 1.54) is 12.1 Å². The van der Waals surface area contributed by atoms with Gasteiger partial charge in [-0.25, -0.2) is 16.8 Å². The molecule has 2 aliphatic heterocycles. The van der Waals surface area contributed by atoms with Gasteiger partial charge in [0, 0.05) is 58.8 Å². The Hall–Kier alpha value is -0.337. The molecule has 0 atom stereocenters. The molecule has 1 N–H and O–H groups in total.